The van der Waals surface area contributed by atoms with Crippen molar-refractivity contribution in [3.05, 3.63) is 59.2 Å². The van der Waals surface area contributed by atoms with Crippen molar-refractivity contribution >= 4 is 17.2 Å². The van der Waals surface area contributed by atoms with E-state index in [1.165, 1.54) is 0 Å². The highest BCUT2D eigenvalue weighted by Gasteiger charge is 2.09. The van der Waals surface area contributed by atoms with Crippen molar-refractivity contribution in [1.29, 1.82) is 5.26 Å². The van der Waals surface area contributed by atoms with Gasteiger partial charge in [0.2, 0.25) is 0 Å². The highest BCUT2D eigenvalue weighted by Crippen LogP contribution is 2.28. The van der Waals surface area contributed by atoms with Gasteiger partial charge in [-0.2, -0.15) is 5.26 Å². The number of ether oxygens (including phenoxy) is 1. The van der Waals surface area contributed by atoms with Gasteiger partial charge in [0, 0.05) is 5.57 Å². The summed E-state index contributed by atoms with van der Waals surface area (Å²) >= 11 is 6.03. The molecule has 1 aromatic rings. The summed E-state index contributed by atoms with van der Waals surface area (Å²) in [4.78, 5) is 0. The molecule has 0 bridgehead atoms. The zero-order chi connectivity index (χ0) is 13.5. The summed E-state index contributed by atoms with van der Waals surface area (Å²) in [5, 5.41) is 9.62. The lowest BCUT2D eigenvalue weighted by molar-refractivity contribution is 0.414. The van der Waals surface area contributed by atoms with Crippen LogP contribution in [0.15, 0.2) is 53.6 Å². The maximum atomic E-state index is 9.20. The Hall–Kier alpha value is -1.98. The Kier molecular flexibility index (Phi) is 5.23. The van der Waals surface area contributed by atoms with Gasteiger partial charge in [0.05, 0.1) is 17.7 Å². The second-order valence-electron chi connectivity index (χ2n) is 3.47. The fraction of sp³-hybridized carbons (Fsp3) is 0.133. The summed E-state index contributed by atoms with van der Waals surface area (Å²) < 4.78 is 5.16. The first kappa shape index (κ1) is 14.1. The van der Waals surface area contributed by atoms with E-state index >= 15 is 0 Å². The van der Waals surface area contributed by atoms with Crippen LogP contribution in [-0.2, 0) is 0 Å². The zero-order valence-corrected chi connectivity index (χ0v) is 11.2. The third-order valence-electron chi connectivity index (χ3n) is 2.46. The predicted molar refractivity (Wildman–Crippen MR) is 75.3 cm³/mol. The van der Waals surface area contributed by atoms with Crippen LogP contribution in [0.3, 0.4) is 0 Å². The van der Waals surface area contributed by atoms with Crippen LogP contribution in [0.25, 0.3) is 5.57 Å². The van der Waals surface area contributed by atoms with Crippen LogP contribution in [0, 0.1) is 11.3 Å². The average molecular weight is 260 g/mol. The number of benzene rings is 1. The molecule has 0 amide bonds. The molecule has 18 heavy (non-hydrogen) atoms. The normalized spacial score (nSPS) is 12.4. The van der Waals surface area contributed by atoms with Gasteiger partial charge in [0.15, 0.2) is 0 Å². The lowest BCUT2D eigenvalue weighted by atomic mass is 10.00. The SMILES string of the molecule is C=C/C(=C(C#N)\C(Cl)=C/C)c1cccc(OC)c1. The van der Waals surface area contributed by atoms with Crippen molar-refractivity contribution in [1.82, 2.24) is 0 Å². The summed E-state index contributed by atoms with van der Waals surface area (Å²) in [6, 6.07) is 9.53. The van der Waals surface area contributed by atoms with Crippen molar-refractivity contribution in [2.45, 2.75) is 6.92 Å². The second-order valence-corrected chi connectivity index (χ2v) is 3.88. The van der Waals surface area contributed by atoms with E-state index in [1.807, 2.05) is 24.3 Å². The monoisotopic (exact) mass is 259 g/mol. The molecule has 0 radical (unpaired) electrons. The first-order chi connectivity index (χ1) is 8.67. The fourth-order valence-electron chi connectivity index (χ4n) is 1.54. The molecule has 0 saturated heterocycles. The minimum absolute atomic E-state index is 0.405. The van der Waals surface area contributed by atoms with Crippen molar-refractivity contribution < 1.29 is 4.74 Å². The van der Waals surface area contributed by atoms with E-state index in [2.05, 4.69) is 12.6 Å². The minimum atomic E-state index is 0.405. The quantitative estimate of drug-likeness (QED) is 0.597. The number of nitriles is 1. The zero-order valence-electron chi connectivity index (χ0n) is 10.4. The van der Waals surface area contributed by atoms with Gasteiger partial charge in [-0.25, -0.2) is 0 Å². The van der Waals surface area contributed by atoms with Crippen LogP contribution in [0.4, 0.5) is 0 Å². The summed E-state index contributed by atoms with van der Waals surface area (Å²) in [7, 11) is 1.60. The Bertz CT molecular complexity index is 550. The van der Waals surface area contributed by atoms with Crippen molar-refractivity contribution in [2.75, 3.05) is 7.11 Å². The van der Waals surface area contributed by atoms with Crippen molar-refractivity contribution in [3.63, 3.8) is 0 Å². The number of allylic oxidation sites excluding steroid dienone is 5. The first-order valence-corrected chi connectivity index (χ1v) is 5.79. The number of rotatable bonds is 4. The Morgan fingerprint density at radius 1 is 1.50 bits per heavy atom. The first-order valence-electron chi connectivity index (χ1n) is 5.41. The molecular weight excluding hydrogens is 246 g/mol. The minimum Gasteiger partial charge on any atom is -0.497 e. The standard InChI is InChI=1S/C15H14ClNO/c1-4-13(14(10-17)15(16)5-2)11-7-6-8-12(9-11)18-3/h4-9H,1H2,2-3H3/b14-13+,15-5+. The largest absolute Gasteiger partial charge is 0.497 e. The molecule has 3 heteroatoms. The molecule has 0 aromatic heterocycles. The molecule has 1 aromatic carbocycles. The van der Waals surface area contributed by atoms with Crippen molar-refractivity contribution in [2.24, 2.45) is 0 Å². The molecule has 0 aliphatic rings. The van der Waals surface area contributed by atoms with Gasteiger partial charge in [0.1, 0.15) is 11.8 Å². The van der Waals surface area contributed by atoms with Crippen LogP contribution >= 0.6 is 11.6 Å². The Morgan fingerprint density at radius 3 is 2.72 bits per heavy atom. The molecule has 92 valence electrons. The third kappa shape index (κ3) is 3.03. The Labute approximate surface area is 112 Å². The van der Waals surface area contributed by atoms with E-state index in [9.17, 15) is 5.26 Å². The lowest BCUT2D eigenvalue weighted by Crippen LogP contribution is -1.90. The van der Waals surface area contributed by atoms with E-state index in [1.54, 1.807) is 26.2 Å². The van der Waals surface area contributed by atoms with Crippen LogP contribution in [0.2, 0.25) is 0 Å². The summed E-state index contributed by atoms with van der Waals surface area (Å²) in [5.74, 6) is 0.723. The van der Waals surface area contributed by atoms with Crippen LogP contribution < -0.4 is 4.74 Å². The van der Waals surface area contributed by atoms with E-state index in [0.29, 0.717) is 16.2 Å². The van der Waals surface area contributed by atoms with Gasteiger partial charge >= 0.3 is 0 Å². The number of hydrogen-bond acceptors (Lipinski definition) is 2. The predicted octanol–water partition coefficient (Wildman–Crippen LogP) is 4.30. The number of hydrogen-bond donors (Lipinski definition) is 0. The molecule has 2 nitrogen and oxygen atoms in total. The average Bonchev–Trinajstić information content (AvgIpc) is 2.43. The van der Waals surface area contributed by atoms with Crippen molar-refractivity contribution in [3.8, 4) is 11.8 Å². The Balaban J connectivity index is 3.45. The molecule has 1 rings (SSSR count). The van der Waals surface area contributed by atoms with Gasteiger partial charge in [-0.15, -0.1) is 0 Å². The maximum Gasteiger partial charge on any atom is 0.119 e. The fourth-order valence-corrected chi connectivity index (χ4v) is 1.69. The van der Waals surface area contributed by atoms with E-state index in [4.69, 9.17) is 16.3 Å². The molecule has 0 unspecified atom stereocenters. The highest BCUT2D eigenvalue weighted by atomic mass is 35.5. The number of methoxy groups -OCH3 is 1. The molecule has 0 N–H and O–H groups in total. The Morgan fingerprint density at radius 2 is 2.22 bits per heavy atom. The summed E-state index contributed by atoms with van der Waals surface area (Å²) in [6.07, 6.45) is 3.31. The molecule has 0 atom stereocenters. The summed E-state index contributed by atoms with van der Waals surface area (Å²) in [5.41, 5.74) is 1.95. The van der Waals surface area contributed by atoms with E-state index < -0.39 is 0 Å². The van der Waals surface area contributed by atoms with Crippen LogP contribution in [0.5, 0.6) is 5.75 Å². The van der Waals surface area contributed by atoms with Gasteiger partial charge < -0.3 is 4.74 Å². The third-order valence-corrected chi connectivity index (χ3v) is 2.87. The number of halogens is 1. The molecule has 0 aliphatic carbocycles. The number of nitrogens with zero attached hydrogens (tertiary/aromatic N) is 1. The second kappa shape index (κ2) is 6.68. The molecule has 0 fully saturated rings. The highest BCUT2D eigenvalue weighted by molar-refractivity contribution is 6.33. The van der Waals surface area contributed by atoms with Gasteiger partial charge in [-0.1, -0.05) is 42.5 Å². The smallest absolute Gasteiger partial charge is 0.119 e. The maximum absolute atomic E-state index is 9.20. The molecule has 0 aliphatic heterocycles. The van der Waals surface area contributed by atoms with Gasteiger partial charge in [-0.3, -0.25) is 0 Å². The molecular formula is C15H14ClNO. The molecule has 0 heterocycles. The molecule has 0 saturated carbocycles. The molecule has 0 spiro atoms. The topological polar surface area (TPSA) is 33.0 Å². The van der Waals surface area contributed by atoms with E-state index in [-0.39, 0.29) is 0 Å². The van der Waals surface area contributed by atoms with Crippen LogP contribution in [0.1, 0.15) is 12.5 Å². The van der Waals surface area contributed by atoms with Gasteiger partial charge in [0.25, 0.3) is 0 Å². The van der Waals surface area contributed by atoms with E-state index in [0.717, 1.165) is 11.3 Å². The van der Waals surface area contributed by atoms with Gasteiger partial charge in [-0.05, 0) is 24.6 Å². The van der Waals surface area contributed by atoms with Crippen LogP contribution in [-0.4, -0.2) is 7.11 Å². The lowest BCUT2D eigenvalue weighted by Gasteiger charge is -2.08. The summed E-state index contributed by atoms with van der Waals surface area (Å²) in [6.45, 7) is 5.53.